The lowest BCUT2D eigenvalue weighted by atomic mass is 9.92. The molecule has 0 spiro atoms. The van der Waals surface area contributed by atoms with Crippen molar-refractivity contribution in [2.45, 2.75) is 51.6 Å². The minimum absolute atomic E-state index is 0.489. The Hall–Kier alpha value is -3.78. The predicted octanol–water partition coefficient (Wildman–Crippen LogP) is 5.23. The summed E-state index contributed by atoms with van der Waals surface area (Å²) in [5.41, 5.74) is 7.95. The quantitative estimate of drug-likeness (QED) is 0.328. The second kappa shape index (κ2) is 9.70. The zero-order valence-corrected chi connectivity index (χ0v) is 20.4. The standard InChI is InChI=1S/C28H28BN7/c1-19-7-6-12-24(32-19)28-27(22-13-14-26-30-18-31-36(26)16-22)33-25(34-28)17-35(29)15-21-10-4-5-11-23(21)20-8-2-3-9-20/h4-7,10-14,16,18,20H,2-3,8-9,15,17H2,1H3,(H,33,34). The van der Waals surface area contributed by atoms with Gasteiger partial charge in [0.05, 0.1) is 17.1 Å². The van der Waals surface area contributed by atoms with E-state index < -0.39 is 0 Å². The van der Waals surface area contributed by atoms with Crippen LogP contribution in [0.4, 0.5) is 0 Å². The molecular formula is C28H28BN7. The zero-order chi connectivity index (χ0) is 24.5. The van der Waals surface area contributed by atoms with E-state index in [1.165, 1.54) is 36.8 Å². The van der Waals surface area contributed by atoms with Crippen LogP contribution in [-0.4, -0.2) is 42.3 Å². The maximum atomic E-state index is 6.56. The van der Waals surface area contributed by atoms with E-state index in [9.17, 15) is 0 Å². The van der Waals surface area contributed by atoms with Crippen molar-refractivity contribution in [2.24, 2.45) is 0 Å². The zero-order valence-electron chi connectivity index (χ0n) is 20.4. The topological polar surface area (TPSA) is 75.0 Å². The first kappa shape index (κ1) is 22.7. The van der Waals surface area contributed by atoms with Crippen LogP contribution in [0.1, 0.15) is 54.2 Å². The summed E-state index contributed by atoms with van der Waals surface area (Å²) in [4.78, 5) is 19.3. The molecule has 0 aliphatic heterocycles. The Morgan fingerprint density at radius 2 is 1.86 bits per heavy atom. The Bertz CT molecular complexity index is 1500. The molecule has 1 aliphatic rings. The van der Waals surface area contributed by atoms with Gasteiger partial charge in [-0.3, -0.25) is 4.98 Å². The van der Waals surface area contributed by atoms with Crippen molar-refractivity contribution in [3.8, 4) is 22.6 Å². The molecule has 0 bridgehead atoms. The number of nitrogens with one attached hydrogen (secondary N) is 1. The highest BCUT2D eigenvalue weighted by atomic mass is 15.3. The number of aromatic amines is 1. The molecule has 36 heavy (non-hydrogen) atoms. The van der Waals surface area contributed by atoms with Gasteiger partial charge in [0.25, 0.3) is 0 Å². The number of rotatable bonds is 7. The maximum absolute atomic E-state index is 6.56. The van der Waals surface area contributed by atoms with Gasteiger partial charge in [-0.05, 0) is 61.1 Å². The Labute approximate surface area is 212 Å². The highest BCUT2D eigenvalue weighted by Crippen LogP contribution is 2.36. The van der Waals surface area contributed by atoms with Gasteiger partial charge in [-0.25, -0.2) is 14.5 Å². The fraction of sp³-hybridized carbons (Fsp3) is 0.286. The van der Waals surface area contributed by atoms with Crippen molar-refractivity contribution in [3.63, 3.8) is 0 Å². The molecule has 1 saturated carbocycles. The molecule has 0 amide bonds. The molecule has 178 valence electrons. The number of hydrogen-bond donors (Lipinski definition) is 1. The molecule has 1 aromatic carbocycles. The van der Waals surface area contributed by atoms with E-state index in [1.54, 1.807) is 10.8 Å². The summed E-state index contributed by atoms with van der Waals surface area (Å²) in [5.74, 6) is 1.44. The first-order valence-corrected chi connectivity index (χ1v) is 12.5. The van der Waals surface area contributed by atoms with Crippen LogP contribution in [0.5, 0.6) is 0 Å². The number of nitrogens with zero attached hydrogens (tertiary/aromatic N) is 6. The molecule has 1 aliphatic carbocycles. The molecular weight excluding hydrogens is 445 g/mol. The van der Waals surface area contributed by atoms with E-state index >= 15 is 0 Å². The van der Waals surface area contributed by atoms with Crippen molar-refractivity contribution in [1.82, 2.24) is 34.4 Å². The highest BCUT2D eigenvalue weighted by Gasteiger charge is 2.21. The van der Waals surface area contributed by atoms with E-state index in [4.69, 9.17) is 17.9 Å². The van der Waals surface area contributed by atoms with Crippen molar-refractivity contribution < 1.29 is 0 Å². The van der Waals surface area contributed by atoms with Gasteiger partial charge in [-0.15, -0.1) is 0 Å². The second-order valence-corrected chi connectivity index (χ2v) is 9.64. The van der Waals surface area contributed by atoms with Crippen LogP contribution in [0, 0.1) is 6.92 Å². The minimum atomic E-state index is 0.489. The van der Waals surface area contributed by atoms with Crippen molar-refractivity contribution >= 4 is 13.6 Å². The first-order chi connectivity index (χ1) is 17.6. The molecule has 7 nitrogen and oxygen atoms in total. The molecule has 1 fully saturated rings. The Balaban J connectivity index is 1.31. The van der Waals surface area contributed by atoms with E-state index in [1.807, 2.05) is 48.3 Å². The molecule has 4 aromatic heterocycles. The summed E-state index contributed by atoms with van der Waals surface area (Å²) in [6, 6.07) is 18.7. The Kier molecular flexibility index (Phi) is 6.11. The number of hydrogen-bond acceptors (Lipinski definition) is 5. The minimum Gasteiger partial charge on any atom is -0.344 e. The normalized spacial score (nSPS) is 14.3. The van der Waals surface area contributed by atoms with Gasteiger partial charge in [0.1, 0.15) is 12.2 Å². The summed E-state index contributed by atoms with van der Waals surface area (Å²) >= 11 is 0. The van der Waals surface area contributed by atoms with Crippen LogP contribution in [0.25, 0.3) is 28.3 Å². The van der Waals surface area contributed by atoms with Crippen LogP contribution in [-0.2, 0) is 13.1 Å². The van der Waals surface area contributed by atoms with Gasteiger partial charge < -0.3 is 9.79 Å². The van der Waals surface area contributed by atoms with Gasteiger partial charge in [-0.1, -0.05) is 43.2 Å². The van der Waals surface area contributed by atoms with E-state index in [2.05, 4.69) is 39.3 Å². The highest BCUT2D eigenvalue weighted by molar-refractivity contribution is 6.04. The van der Waals surface area contributed by atoms with Crippen LogP contribution in [0.3, 0.4) is 0 Å². The Morgan fingerprint density at radius 1 is 1.00 bits per heavy atom. The summed E-state index contributed by atoms with van der Waals surface area (Å²) in [5, 5.41) is 4.29. The first-order valence-electron chi connectivity index (χ1n) is 12.5. The van der Waals surface area contributed by atoms with E-state index in [0.717, 1.165) is 39.8 Å². The SMILES string of the molecule is [B]N(Cc1nc(-c2ccc3ncnn3c2)c(-c2cccc(C)n2)[nH]1)Cc1ccccc1C1CCCC1. The van der Waals surface area contributed by atoms with Gasteiger partial charge in [0.2, 0.25) is 0 Å². The van der Waals surface area contributed by atoms with Gasteiger partial charge in [-0.2, -0.15) is 5.10 Å². The average molecular weight is 473 g/mol. The lowest BCUT2D eigenvalue weighted by molar-refractivity contribution is 0.429. The third kappa shape index (κ3) is 4.56. The van der Waals surface area contributed by atoms with E-state index in [-0.39, 0.29) is 0 Å². The van der Waals surface area contributed by atoms with Gasteiger partial charge in [0, 0.05) is 30.5 Å². The molecule has 2 radical (unpaired) electrons. The van der Waals surface area contributed by atoms with Crippen LogP contribution < -0.4 is 0 Å². The molecule has 6 rings (SSSR count). The molecule has 0 atom stereocenters. The molecule has 0 unspecified atom stereocenters. The fourth-order valence-electron chi connectivity index (χ4n) is 5.31. The Morgan fingerprint density at radius 3 is 2.72 bits per heavy atom. The summed E-state index contributed by atoms with van der Waals surface area (Å²) in [6.45, 7) is 3.15. The third-order valence-corrected chi connectivity index (χ3v) is 7.02. The number of pyridine rings is 2. The monoisotopic (exact) mass is 473 g/mol. The van der Waals surface area contributed by atoms with Gasteiger partial charge >= 0.3 is 0 Å². The number of fused-ring (bicyclic) bond motifs is 1. The lowest BCUT2D eigenvalue weighted by Crippen LogP contribution is -2.21. The fourth-order valence-corrected chi connectivity index (χ4v) is 5.31. The maximum Gasteiger partial charge on any atom is 0.183 e. The van der Waals surface area contributed by atoms with E-state index in [0.29, 0.717) is 19.0 Å². The molecule has 1 N–H and O–H groups in total. The van der Waals surface area contributed by atoms with Crippen LogP contribution >= 0.6 is 0 Å². The van der Waals surface area contributed by atoms with Crippen molar-refractivity contribution in [3.05, 3.63) is 89.8 Å². The van der Waals surface area contributed by atoms with Crippen molar-refractivity contribution in [2.75, 3.05) is 0 Å². The number of aromatic nitrogens is 6. The van der Waals surface area contributed by atoms with Crippen molar-refractivity contribution in [1.29, 1.82) is 0 Å². The largest absolute Gasteiger partial charge is 0.344 e. The number of benzene rings is 1. The molecule has 5 aromatic rings. The summed E-state index contributed by atoms with van der Waals surface area (Å²) in [7, 11) is 6.56. The number of imidazole rings is 1. The summed E-state index contributed by atoms with van der Waals surface area (Å²) in [6.07, 6.45) is 8.67. The average Bonchev–Trinajstić information content (AvgIpc) is 3.65. The second-order valence-electron chi connectivity index (χ2n) is 9.64. The van der Waals surface area contributed by atoms with Crippen LogP contribution in [0.2, 0.25) is 0 Å². The number of aryl methyl sites for hydroxylation is 1. The smallest absolute Gasteiger partial charge is 0.183 e. The lowest BCUT2D eigenvalue weighted by Gasteiger charge is -2.21. The predicted molar refractivity (Wildman–Crippen MR) is 141 cm³/mol. The van der Waals surface area contributed by atoms with Gasteiger partial charge in [0.15, 0.2) is 13.6 Å². The molecule has 8 heteroatoms. The number of H-pyrrole nitrogens is 1. The third-order valence-electron chi connectivity index (χ3n) is 7.02. The summed E-state index contributed by atoms with van der Waals surface area (Å²) < 4.78 is 1.76. The molecule has 4 heterocycles. The van der Waals surface area contributed by atoms with Crippen LogP contribution in [0.15, 0.2) is 67.1 Å². The molecule has 0 saturated heterocycles.